The van der Waals surface area contributed by atoms with Crippen molar-refractivity contribution in [2.45, 2.75) is 18.3 Å². The smallest absolute Gasteiger partial charge is 0.104 e. The Labute approximate surface area is 102 Å². The van der Waals surface area contributed by atoms with Crippen LogP contribution in [0.2, 0.25) is 0 Å². The van der Waals surface area contributed by atoms with E-state index in [0.717, 1.165) is 13.2 Å². The minimum Gasteiger partial charge on any atom is -0.376 e. The van der Waals surface area contributed by atoms with Gasteiger partial charge in [-0.1, -0.05) is 6.08 Å². The van der Waals surface area contributed by atoms with Crippen LogP contribution in [0.3, 0.4) is 0 Å². The van der Waals surface area contributed by atoms with Gasteiger partial charge >= 0.3 is 0 Å². The van der Waals surface area contributed by atoms with Gasteiger partial charge in [-0.15, -0.1) is 6.58 Å². The number of hydrogen-bond acceptors (Lipinski definition) is 5. The number of rotatable bonds is 11. The lowest BCUT2D eigenvalue weighted by atomic mass is 10.4. The van der Waals surface area contributed by atoms with E-state index in [0.29, 0.717) is 33.0 Å². The van der Waals surface area contributed by atoms with E-state index >= 15 is 0 Å². The summed E-state index contributed by atoms with van der Waals surface area (Å²) < 4.78 is 26.7. The van der Waals surface area contributed by atoms with Crippen molar-refractivity contribution in [3.8, 4) is 0 Å². The minimum atomic E-state index is -0.0505. The molecule has 0 spiro atoms. The molecule has 2 heterocycles. The highest BCUT2D eigenvalue weighted by Gasteiger charge is 2.24. The van der Waals surface area contributed by atoms with E-state index in [4.69, 9.17) is 23.7 Å². The van der Waals surface area contributed by atoms with E-state index in [1.54, 1.807) is 6.08 Å². The van der Waals surface area contributed by atoms with Gasteiger partial charge in [0.15, 0.2) is 0 Å². The second-order valence-corrected chi connectivity index (χ2v) is 4.23. The van der Waals surface area contributed by atoms with Gasteiger partial charge in [0, 0.05) is 0 Å². The van der Waals surface area contributed by atoms with Crippen molar-refractivity contribution >= 4 is 0 Å². The molecule has 5 heteroatoms. The Morgan fingerprint density at radius 2 is 1.65 bits per heavy atom. The van der Waals surface area contributed by atoms with Gasteiger partial charge in [0.05, 0.1) is 46.2 Å². The summed E-state index contributed by atoms with van der Waals surface area (Å²) >= 11 is 0. The van der Waals surface area contributed by atoms with Gasteiger partial charge in [-0.3, -0.25) is 0 Å². The molecule has 2 unspecified atom stereocenters. The van der Waals surface area contributed by atoms with Gasteiger partial charge in [-0.05, 0) is 0 Å². The SMILES string of the molecule is C=CCOC(COCC1CO1)COCC1CO1. The van der Waals surface area contributed by atoms with Crippen LogP contribution in [0.25, 0.3) is 0 Å². The average molecular weight is 244 g/mol. The van der Waals surface area contributed by atoms with Gasteiger partial charge in [0.25, 0.3) is 0 Å². The highest BCUT2D eigenvalue weighted by atomic mass is 16.6. The van der Waals surface area contributed by atoms with Crippen LogP contribution in [-0.2, 0) is 23.7 Å². The van der Waals surface area contributed by atoms with E-state index in [1.807, 2.05) is 0 Å². The van der Waals surface area contributed by atoms with Crippen LogP contribution >= 0.6 is 0 Å². The molecule has 98 valence electrons. The molecule has 5 nitrogen and oxygen atoms in total. The first kappa shape index (κ1) is 13.0. The van der Waals surface area contributed by atoms with Crippen molar-refractivity contribution in [2.24, 2.45) is 0 Å². The first-order valence-electron chi connectivity index (χ1n) is 5.99. The zero-order valence-electron chi connectivity index (χ0n) is 10.0. The number of hydrogen-bond donors (Lipinski definition) is 0. The van der Waals surface area contributed by atoms with Crippen LogP contribution in [-0.4, -0.2) is 64.6 Å². The van der Waals surface area contributed by atoms with Crippen LogP contribution in [0, 0.1) is 0 Å². The van der Waals surface area contributed by atoms with Crippen LogP contribution in [0.4, 0.5) is 0 Å². The molecule has 0 aromatic carbocycles. The molecule has 2 aliphatic heterocycles. The predicted octanol–water partition coefficient (Wildman–Crippen LogP) is 0.388. The second-order valence-electron chi connectivity index (χ2n) is 4.23. The molecule has 0 aliphatic carbocycles. The average Bonchev–Trinajstić information content (AvgIpc) is 3.18. The summed E-state index contributed by atoms with van der Waals surface area (Å²) in [6, 6.07) is 0. The summed E-state index contributed by atoms with van der Waals surface area (Å²) in [4.78, 5) is 0. The zero-order valence-corrected chi connectivity index (χ0v) is 10.0. The van der Waals surface area contributed by atoms with Crippen LogP contribution in [0.15, 0.2) is 12.7 Å². The molecule has 17 heavy (non-hydrogen) atoms. The molecule has 0 aromatic heterocycles. The normalized spacial score (nSPS) is 27.8. The van der Waals surface area contributed by atoms with Crippen LogP contribution < -0.4 is 0 Å². The van der Waals surface area contributed by atoms with Gasteiger partial charge in [-0.2, -0.15) is 0 Å². The lowest BCUT2D eigenvalue weighted by Gasteiger charge is -2.16. The summed E-state index contributed by atoms with van der Waals surface area (Å²) in [6.07, 6.45) is 2.25. The Morgan fingerprint density at radius 3 is 2.06 bits per heavy atom. The quantitative estimate of drug-likeness (QED) is 0.389. The van der Waals surface area contributed by atoms with E-state index < -0.39 is 0 Å². The van der Waals surface area contributed by atoms with Gasteiger partial charge < -0.3 is 23.7 Å². The van der Waals surface area contributed by atoms with Crippen molar-refractivity contribution in [3.63, 3.8) is 0 Å². The minimum absolute atomic E-state index is 0.0505. The first-order chi connectivity index (χ1) is 8.38. The fraction of sp³-hybridized carbons (Fsp3) is 0.833. The molecule has 2 aliphatic rings. The molecule has 0 aromatic rings. The van der Waals surface area contributed by atoms with Crippen molar-refractivity contribution in [1.82, 2.24) is 0 Å². The van der Waals surface area contributed by atoms with Gasteiger partial charge in [0.2, 0.25) is 0 Å². The van der Waals surface area contributed by atoms with Crippen molar-refractivity contribution in [2.75, 3.05) is 46.2 Å². The third kappa shape index (κ3) is 6.14. The van der Waals surface area contributed by atoms with Crippen molar-refractivity contribution in [1.29, 1.82) is 0 Å². The van der Waals surface area contributed by atoms with Gasteiger partial charge in [-0.25, -0.2) is 0 Å². The molecule has 2 saturated heterocycles. The monoisotopic (exact) mass is 244 g/mol. The molecular weight excluding hydrogens is 224 g/mol. The fourth-order valence-electron chi connectivity index (χ4n) is 1.34. The van der Waals surface area contributed by atoms with Crippen LogP contribution in [0.1, 0.15) is 0 Å². The standard InChI is InChI=1S/C12H20O5/c1-2-3-15-10(4-13-6-11-8-16-11)5-14-7-12-9-17-12/h2,10-12H,1,3-9H2. The summed E-state index contributed by atoms with van der Waals surface area (Å²) in [5, 5.41) is 0. The fourth-order valence-corrected chi connectivity index (χ4v) is 1.34. The summed E-state index contributed by atoms with van der Waals surface area (Å²) in [7, 11) is 0. The lowest BCUT2D eigenvalue weighted by molar-refractivity contribution is -0.0551. The lowest BCUT2D eigenvalue weighted by Crippen LogP contribution is -2.27. The molecule has 2 fully saturated rings. The van der Waals surface area contributed by atoms with Crippen molar-refractivity contribution < 1.29 is 23.7 Å². The Balaban J connectivity index is 1.53. The van der Waals surface area contributed by atoms with E-state index in [2.05, 4.69) is 6.58 Å². The zero-order chi connectivity index (χ0) is 11.9. The molecule has 2 atom stereocenters. The maximum atomic E-state index is 5.55. The molecule has 0 N–H and O–H groups in total. The Kier molecular flexibility index (Phi) is 5.41. The first-order valence-corrected chi connectivity index (χ1v) is 5.99. The van der Waals surface area contributed by atoms with Gasteiger partial charge in [0.1, 0.15) is 18.3 Å². The second kappa shape index (κ2) is 7.08. The Hall–Kier alpha value is -0.460. The number of epoxide rings is 2. The summed E-state index contributed by atoms with van der Waals surface area (Å²) in [6.45, 7) is 8.09. The Bertz CT molecular complexity index is 207. The predicted molar refractivity (Wildman–Crippen MR) is 61.1 cm³/mol. The third-order valence-corrected chi connectivity index (χ3v) is 2.47. The Morgan fingerprint density at radius 1 is 1.12 bits per heavy atom. The molecular formula is C12H20O5. The van der Waals surface area contributed by atoms with E-state index in [-0.39, 0.29) is 18.3 Å². The highest BCUT2D eigenvalue weighted by molar-refractivity contribution is 4.71. The van der Waals surface area contributed by atoms with Crippen LogP contribution in [0.5, 0.6) is 0 Å². The molecule has 2 rings (SSSR count). The highest BCUT2D eigenvalue weighted by Crippen LogP contribution is 2.10. The molecule has 0 bridgehead atoms. The number of ether oxygens (including phenoxy) is 5. The topological polar surface area (TPSA) is 52.8 Å². The maximum absolute atomic E-state index is 5.55. The van der Waals surface area contributed by atoms with E-state index in [9.17, 15) is 0 Å². The molecule has 0 saturated carbocycles. The molecule has 0 amide bonds. The molecule has 0 radical (unpaired) electrons. The largest absolute Gasteiger partial charge is 0.376 e. The third-order valence-electron chi connectivity index (χ3n) is 2.47. The summed E-state index contributed by atoms with van der Waals surface area (Å²) in [5.74, 6) is 0. The van der Waals surface area contributed by atoms with Crippen molar-refractivity contribution in [3.05, 3.63) is 12.7 Å². The summed E-state index contributed by atoms with van der Waals surface area (Å²) in [5.41, 5.74) is 0. The van der Waals surface area contributed by atoms with E-state index in [1.165, 1.54) is 0 Å². The maximum Gasteiger partial charge on any atom is 0.104 e.